The first-order chi connectivity index (χ1) is 20.3. The van der Waals surface area contributed by atoms with Crippen molar-refractivity contribution in [1.29, 1.82) is 0 Å². The number of aliphatic hydroxyl groups excluding tert-OH is 1. The van der Waals surface area contributed by atoms with Gasteiger partial charge in [-0.1, -0.05) is 13.3 Å². The van der Waals surface area contributed by atoms with E-state index < -0.39 is 29.7 Å². The number of hydrogen-bond donors (Lipinski definition) is 3. The predicted octanol–water partition coefficient (Wildman–Crippen LogP) is 4.93. The zero-order chi connectivity index (χ0) is 29.6. The average molecular weight is 581 g/mol. The third-order valence-electron chi connectivity index (χ3n) is 8.18. The minimum absolute atomic E-state index is 0.0168. The molecule has 8 nitrogen and oxygen atoms in total. The van der Waals surface area contributed by atoms with Crippen LogP contribution in [0, 0.1) is 11.6 Å². The molecule has 1 saturated heterocycles. The normalized spacial score (nSPS) is 18.0. The highest BCUT2D eigenvalue weighted by Crippen LogP contribution is 2.36. The number of aliphatic hydroxyl groups is 1. The van der Waals surface area contributed by atoms with Crippen molar-refractivity contribution in [2.75, 3.05) is 18.0 Å². The van der Waals surface area contributed by atoms with E-state index in [1.807, 2.05) is 6.07 Å². The van der Waals surface area contributed by atoms with Gasteiger partial charge in [-0.2, -0.15) is 0 Å². The molecule has 224 valence electrons. The molecule has 0 aliphatic carbocycles. The Morgan fingerprint density at radius 2 is 2.02 bits per heavy atom. The molecule has 42 heavy (non-hydrogen) atoms. The van der Waals surface area contributed by atoms with Crippen LogP contribution in [0.3, 0.4) is 0 Å². The Morgan fingerprint density at radius 3 is 2.71 bits per heavy atom. The molecule has 3 N–H and O–H groups in total. The van der Waals surface area contributed by atoms with Gasteiger partial charge < -0.3 is 25.1 Å². The first-order valence-electron chi connectivity index (χ1n) is 14.9. The second kappa shape index (κ2) is 13.5. The fourth-order valence-electron chi connectivity index (χ4n) is 6.01. The maximum atomic E-state index is 14.0. The van der Waals surface area contributed by atoms with Crippen LogP contribution in [-0.2, 0) is 17.6 Å². The summed E-state index contributed by atoms with van der Waals surface area (Å²) in [6.45, 7) is 3.89. The molecule has 10 heteroatoms. The van der Waals surface area contributed by atoms with Crippen molar-refractivity contribution in [3.63, 3.8) is 0 Å². The molecule has 3 heterocycles. The van der Waals surface area contributed by atoms with Gasteiger partial charge in [0, 0.05) is 48.4 Å². The van der Waals surface area contributed by atoms with Crippen LogP contribution in [0.2, 0.25) is 0 Å². The van der Waals surface area contributed by atoms with E-state index in [2.05, 4.69) is 27.4 Å². The molecular formula is C32H38F2N4O4. The van der Waals surface area contributed by atoms with Crippen molar-refractivity contribution in [2.45, 2.75) is 82.9 Å². The Labute approximate surface area is 244 Å². The number of hydrogen-bond acceptors (Lipinski definition) is 6. The second-order valence-corrected chi connectivity index (χ2v) is 11.3. The van der Waals surface area contributed by atoms with Crippen molar-refractivity contribution in [3.05, 3.63) is 71.1 Å². The topological polar surface area (TPSA) is 108 Å². The fraction of sp³-hybridized carbons (Fsp3) is 0.469. The fourth-order valence-corrected chi connectivity index (χ4v) is 6.01. The average Bonchev–Trinajstić information content (AvgIpc) is 3.65. The number of rotatable bonds is 12. The molecular weight excluding hydrogens is 542 g/mol. The zero-order valence-corrected chi connectivity index (χ0v) is 23.9. The second-order valence-electron chi connectivity index (χ2n) is 11.3. The minimum Gasteiger partial charge on any atom is -0.445 e. The highest BCUT2D eigenvalue weighted by molar-refractivity contribution is 5.97. The van der Waals surface area contributed by atoms with Gasteiger partial charge in [-0.15, -0.1) is 0 Å². The number of nitrogens with one attached hydrogen (secondary N) is 2. The summed E-state index contributed by atoms with van der Waals surface area (Å²) in [6, 6.07) is 5.97. The number of fused-ring (bicyclic) bond motifs is 1. The molecule has 0 spiro atoms. The molecule has 3 aromatic rings. The van der Waals surface area contributed by atoms with Crippen molar-refractivity contribution in [2.24, 2.45) is 0 Å². The number of amides is 2. The van der Waals surface area contributed by atoms with Crippen LogP contribution in [0.1, 0.15) is 73.4 Å². The van der Waals surface area contributed by atoms with Gasteiger partial charge in [0.25, 0.3) is 5.91 Å². The summed E-state index contributed by atoms with van der Waals surface area (Å²) in [4.78, 5) is 32.1. The molecule has 2 aliphatic rings. The van der Waals surface area contributed by atoms with Crippen LogP contribution in [-0.4, -0.2) is 53.2 Å². The minimum atomic E-state index is -1.01. The highest BCUT2D eigenvalue weighted by atomic mass is 19.1. The lowest BCUT2D eigenvalue weighted by Crippen LogP contribution is -2.45. The third kappa shape index (κ3) is 7.15. The standard InChI is InChI=1S/C32H38F2N4O4/c1-2-3-11-38-12-4-5-25-26(32-35-10-13-42-32)17-21(18-28(25)38)31(41)37-27(16-20-14-22(33)19-23(34)15-20)29(39)8-6-24-7-9-30(40)36-24/h10,13-15,17-19,24,27,29,39H,2-9,11-12,16H2,1H3,(H,36,40)(H,37,41). The molecule has 0 bridgehead atoms. The van der Waals surface area contributed by atoms with Crippen molar-refractivity contribution < 1.29 is 27.9 Å². The van der Waals surface area contributed by atoms with Gasteiger partial charge in [0.15, 0.2) is 0 Å². The quantitative estimate of drug-likeness (QED) is 0.280. The van der Waals surface area contributed by atoms with Crippen LogP contribution < -0.4 is 15.5 Å². The lowest BCUT2D eigenvalue weighted by molar-refractivity contribution is -0.119. The van der Waals surface area contributed by atoms with Crippen LogP contribution in [0.25, 0.3) is 11.5 Å². The van der Waals surface area contributed by atoms with Gasteiger partial charge in [-0.3, -0.25) is 9.59 Å². The molecule has 5 rings (SSSR count). The van der Waals surface area contributed by atoms with Crippen LogP contribution in [0.4, 0.5) is 14.5 Å². The first kappa shape index (κ1) is 29.7. The van der Waals surface area contributed by atoms with E-state index in [0.29, 0.717) is 42.7 Å². The number of unbranched alkanes of at least 4 members (excludes halogenated alkanes) is 1. The molecule has 3 unspecified atom stereocenters. The van der Waals surface area contributed by atoms with Gasteiger partial charge in [0.1, 0.15) is 17.9 Å². The summed E-state index contributed by atoms with van der Waals surface area (Å²) in [7, 11) is 0. The number of carbonyl (C=O) groups is 2. The van der Waals surface area contributed by atoms with E-state index in [9.17, 15) is 23.5 Å². The summed E-state index contributed by atoms with van der Waals surface area (Å²) in [5, 5.41) is 17.1. The number of oxazole rings is 1. The summed E-state index contributed by atoms with van der Waals surface area (Å²) in [6.07, 6.45) is 7.93. The molecule has 2 amide bonds. The lowest BCUT2D eigenvalue weighted by Gasteiger charge is -2.33. The molecule has 0 saturated carbocycles. The van der Waals surface area contributed by atoms with E-state index in [0.717, 1.165) is 61.7 Å². The van der Waals surface area contributed by atoms with Gasteiger partial charge in [0.05, 0.1) is 18.3 Å². The molecule has 2 aromatic carbocycles. The summed E-state index contributed by atoms with van der Waals surface area (Å²) in [5.41, 5.74) is 3.52. The summed E-state index contributed by atoms with van der Waals surface area (Å²) >= 11 is 0. The first-order valence-corrected chi connectivity index (χ1v) is 14.9. The Hall–Kier alpha value is -3.79. The predicted molar refractivity (Wildman–Crippen MR) is 155 cm³/mol. The number of carbonyl (C=O) groups excluding carboxylic acids is 2. The SMILES string of the molecule is CCCCN1CCCc2c(-c3ncco3)cc(C(=O)NC(Cc3cc(F)cc(F)c3)C(O)CCC3CCC(=O)N3)cc21. The number of nitrogens with zero attached hydrogens (tertiary/aromatic N) is 2. The van der Waals surface area contributed by atoms with Crippen molar-refractivity contribution in [3.8, 4) is 11.5 Å². The number of anilines is 1. The Kier molecular flexibility index (Phi) is 9.51. The van der Waals surface area contributed by atoms with Crippen LogP contribution in [0.15, 0.2) is 47.2 Å². The van der Waals surface area contributed by atoms with Crippen molar-refractivity contribution >= 4 is 17.5 Å². The number of benzene rings is 2. The van der Waals surface area contributed by atoms with Crippen molar-refractivity contribution in [1.82, 2.24) is 15.6 Å². The maximum absolute atomic E-state index is 14.0. The number of halogens is 2. The van der Waals surface area contributed by atoms with E-state index in [4.69, 9.17) is 4.42 Å². The maximum Gasteiger partial charge on any atom is 0.251 e. The molecule has 3 atom stereocenters. The van der Waals surface area contributed by atoms with E-state index >= 15 is 0 Å². The van der Waals surface area contributed by atoms with Gasteiger partial charge >= 0.3 is 0 Å². The lowest BCUT2D eigenvalue weighted by atomic mass is 9.92. The van der Waals surface area contributed by atoms with E-state index in [1.165, 1.54) is 18.4 Å². The van der Waals surface area contributed by atoms with E-state index in [-0.39, 0.29) is 18.4 Å². The van der Waals surface area contributed by atoms with E-state index in [1.54, 1.807) is 12.3 Å². The van der Waals surface area contributed by atoms with Gasteiger partial charge in [-0.25, -0.2) is 13.8 Å². The molecule has 1 fully saturated rings. The Bertz CT molecular complexity index is 1380. The highest BCUT2D eigenvalue weighted by Gasteiger charge is 2.29. The summed E-state index contributed by atoms with van der Waals surface area (Å²) < 4.78 is 33.7. The smallest absolute Gasteiger partial charge is 0.251 e. The molecule has 1 aromatic heterocycles. The van der Waals surface area contributed by atoms with Crippen LogP contribution >= 0.6 is 0 Å². The largest absolute Gasteiger partial charge is 0.445 e. The molecule has 2 aliphatic heterocycles. The Balaban J connectivity index is 1.43. The van der Waals surface area contributed by atoms with Crippen LogP contribution in [0.5, 0.6) is 0 Å². The number of aromatic nitrogens is 1. The molecule has 0 radical (unpaired) electrons. The summed E-state index contributed by atoms with van der Waals surface area (Å²) in [5.74, 6) is -1.45. The van der Waals surface area contributed by atoms with Gasteiger partial charge in [0.2, 0.25) is 11.8 Å². The zero-order valence-electron chi connectivity index (χ0n) is 23.9. The Morgan fingerprint density at radius 1 is 1.21 bits per heavy atom. The van der Waals surface area contributed by atoms with Gasteiger partial charge in [-0.05, 0) is 80.3 Å². The monoisotopic (exact) mass is 580 g/mol. The third-order valence-corrected chi connectivity index (χ3v) is 8.18.